The first kappa shape index (κ1) is 24.2. The number of thiazole rings is 1. The average molecular weight is 496 g/mol. The van der Waals surface area contributed by atoms with Crippen molar-refractivity contribution in [1.82, 2.24) is 9.88 Å². The standard InChI is InChI=1S/C23H24F3N3O4S/c1-2-32-17-5-3-16(4-6-17)21(30)29(10-9-28-11-13-31-14-12-28)22-27-19-8-7-18(15-20(19)34-22)33-23(24,25)26/h3-8,15H,2,9-14H2,1H3. The summed E-state index contributed by atoms with van der Waals surface area (Å²) in [5, 5.41) is 0.409. The van der Waals surface area contributed by atoms with E-state index >= 15 is 0 Å². The summed E-state index contributed by atoms with van der Waals surface area (Å²) in [6, 6.07) is 10.8. The van der Waals surface area contributed by atoms with Gasteiger partial charge in [0.15, 0.2) is 5.13 Å². The van der Waals surface area contributed by atoms with Crippen molar-refractivity contribution in [3.8, 4) is 11.5 Å². The van der Waals surface area contributed by atoms with Gasteiger partial charge in [-0.2, -0.15) is 0 Å². The number of anilines is 1. The van der Waals surface area contributed by atoms with Gasteiger partial charge in [-0.05, 0) is 43.3 Å². The smallest absolute Gasteiger partial charge is 0.494 e. The molecule has 0 unspecified atom stereocenters. The van der Waals surface area contributed by atoms with E-state index in [0.717, 1.165) is 24.4 Å². The normalized spacial score (nSPS) is 14.8. The summed E-state index contributed by atoms with van der Waals surface area (Å²) >= 11 is 1.15. The molecule has 4 rings (SSSR count). The zero-order valence-corrected chi connectivity index (χ0v) is 19.3. The van der Waals surface area contributed by atoms with Crippen LogP contribution >= 0.6 is 11.3 Å². The largest absolute Gasteiger partial charge is 0.573 e. The summed E-state index contributed by atoms with van der Waals surface area (Å²) in [5.74, 6) is 0.0890. The zero-order chi connectivity index (χ0) is 24.1. The van der Waals surface area contributed by atoms with Crippen LogP contribution in [0.3, 0.4) is 0 Å². The number of alkyl halides is 3. The lowest BCUT2D eigenvalue weighted by Crippen LogP contribution is -2.43. The van der Waals surface area contributed by atoms with Crippen molar-refractivity contribution in [3.05, 3.63) is 48.0 Å². The maximum absolute atomic E-state index is 13.5. The molecule has 0 atom stereocenters. The van der Waals surface area contributed by atoms with E-state index in [1.54, 1.807) is 29.2 Å². The summed E-state index contributed by atoms with van der Waals surface area (Å²) in [6.45, 7) is 6.19. The Morgan fingerprint density at radius 2 is 1.85 bits per heavy atom. The van der Waals surface area contributed by atoms with Crippen molar-refractivity contribution >= 4 is 32.6 Å². The van der Waals surface area contributed by atoms with E-state index < -0.39 is 6.36 Å². The fourth-order valence-electron chi connectivity index (χ4n) is 3.57. The highest BCUT2D eigenvalue weighted by atomic mass is 32.1. The summed E-state index contributed by atoms with van der Waals surface area (Å²) < 4.78 is 53.2. The minimum Gasteiger partial charge on any atom is -0.494 e. The molecule has 0 radical (unpaired) electrons. The minimum absolute atomic E-state index is 0.248. The van der Waals surface area contributed by atoms with Gasteiger partial charge >= 0.3 is 6.36 Å². The number of hydrogen-bond donors (Lipinski definition) is 0. The van der Waals surface area contributed by atoms with E-state index in [1.165, 1.54) is 18.2 Å². The average Bonchev–Trinajstić information content (AvgIpc) is 3.22. The van der Waals surface area contributed by atoms with Crippen molar-refractivity contribution in [3.63, 3.8) is 0 Å². The van der Waals surface area contributed by atoms with E-state index in [9.17, 15) is 18.0 Å². The van der Waals surface area contributed by atoms with Crippen molar-refractivity contribution < 1.29 is 32.2 Å². The van der Waals surface area contributed by atoms with Gasteiger partial charge in [-0.3, -0.25) is 14.6 Å². The van der Waals surface area contributed by atoms with Crippen molar-refractivity contribution in [1.29, 1.82) is 0 Å². The highest BCUT2D eigenvalue weighted by Crippen LogP contribution is 2.34. The monoisotopic (exact) mass is 495 g/mol. The second-order valence-corrected chi connectivity index (χ2v) is 8.55. The molecule has 34 heavy (non-hydrogen) atoms. The lowest BCUT2D eigenvalue weighted by atomic mass is 10.2. The Labute approximate surface area is 198 Å². The predicted octanol–water partition coefficient (Wildman–Crippen LogP) is 4.57. The van der Waals surface area contributed by atoms with Crippen molar-refractivity contribution in [2.45, 2.75) is 13.3 Å². The molecular weight excluding hydrogens is 471 g/mol. The van der Waals surface area contributed by atoms with Crippen LogP contribution in [0.1, 0.15) is 17.3 Å². The van der Waals surface area contributed by atoms with Gasteiger partial charge in [0.1, 0.15) is 11.5 Å². The second-order valence-electron chi connectivity index (χ2n) is 7.54. The number of halogens is 3. The van der Waals surface area contributed by atoms with Crippen LogP contribution in [0, 0.1) is 0 Å². The molecule has 1 aromatic heterocycles. The highest BCUT2D eigenvalue weighted by Gasteiger charge is 2.31. The van der Waals surface area contributed by atoms with Gasteiger partial charge in [0, 0.05) is 37.8 Å². The van der Waals surface area contributed by atoms with Gasteiger partial charge in [0.25, 0.3) is 5.91 Å². The topological polar surface area (TPSA) is 64.1 Å². The first-order valence-corrected chi connectivity index (χ1v) is 11.7. The molecule has 2 aromatic carbocycles. The van der Waals surface area contributed by atoms with Crippen LogP contribution in [-0.2, 0) is 4.74 Å². The molecule has 0 bridgehead atoms. The maximum atomic E-state index is 13.5. The highest BCUT2D eigenvalue weighted by molar-refractivity contribution is 7.22. The number of rotatable bonds is 8. The number of morpholine rings is 1. The lowest BCUT2D eigenvalue weighted by molar-refractivity contribution is -0.274. The second kappa shape index (κ2) is 10.6. The van der Waals surface area contributed by atoms with E-state index in [0.29, 0.717) is 59.6 Å². The quantitative estimate of drug-likeness (QED) is 0.456. The Balaban J connectivity index is 1.60. The number of benzene rings is 2. The summed E-state index contributed by atoms with van der Waals surface area (Å²) in [5.41, 5.74) is 0.955. The van der Waals surface area contributed by atoms with Crippen LogP contribution in [-0.4, -0.2) is 68.2 Å². The third-order valence-corrected chi connectivity index (χ3v) is 6.26. The Hall–Kier alpha value is -2.89. The Bertz CT molecular complexity index is 1110. The molecule has 0 spiro atoms. The Kier molecular flexibility index (Phi) is 7.54. The summed E-state index contributed by atoms with van der Waals surface area (Å²) in [6.07, 6.45) is -4.78. The SMILES string of the molecule is CCOc1ccc(C(=O)N(CCN2CCOCC2)c2nc3ccc(OC(F)(F)F)cc3s2)cc1. The summed E-state index contributed by atoms with van der Waals surface area (Å²) in [7, 11) is 0. The fraction of sp³-hybridized carbons (Fsp3) is 0.391. The molecule has 2 heterocycles. The van der Waals surface area contributed by atoms with Gasteiger partial charge in [0.05, 0.1) is 30.0 Å². The summed E-state index contributed by atoms with van der Waals surface area (Å²) in [4.78, 5) is 21.7. The third-order valence-electron chi connectivity index (χ3n) is 5.21. The molecule has 11 heteroatoms. The molecule has 1 aliphatic rings. The molecule has 0 N–H and O–H groups in total. The Morgan fingerprint density at radius 3 is 2.53 bits per heavy atom. The molecule has 0 saturated carbocycles. The van der Waals surface area contributed by atoms with E-state index in [-0.39, 0.29) is 11.7 Å². The van der Waals surface area contributed by atoms with E-state index in [2.05, 4.69) is 14.6 Å². The number of carbonyl (C=O) groups is 1. The molecule has 3 aromatic rings. The molecule has 7 nitrogen and oxygen atoms in total. The van der Waals surface area contributed by atoms with Crippen LogP contribution in [0.15, 0.2) is 42.5 Å². The van der Waals surface area contributed by atoms with Crippen LogP contribution in [0.2, 0.25) is 0 Å². The molecule has 1 amide bonds. The first-order chi connectivity index (χ1) is 16.3. The number of ether oxygens (including phenoxy) is 3. The van der Waals surface area contributed by atoms with Gasteiger partial charge < -0.3 is 14.2 Å². The molecule has 1 fully saturated rings. The molecule has 0 aliphatic carbocycles. The number of carbonyl (C=O) groups excluding carboxylic acids is 1. The first-order valence-electron chi connectivity index (χ1n) is 10.8. The van der Waals surface area contributed by atoms with Crippen LogP contribution in [0.25, 0.3) is 10.2 Å². The number of nitrogens with zero attached hydrogens (tertiary/aromatic N) is 3. The van der Waals surface area contributed by atoms with E-state index in [1.807, 2.05) is 6.92 Å². The molecule has 1 saturated heterocycles. The van der Waals surface area contributed by atoms with Gasteiger partial charge in [-0.1, -0.05) is 11.3 Å². The zero-order valence-electron chi connectivity index (χ0n) is 18.5. The molecular formula is C23H24F3N3O4S. The maximum Gasteiger partial charge on any atom is 0.573 e. The van der Waals surface area contributed by atoms with Crippen molar-refractivity contribution in [2.75, 3.05) is 50.9 Å². The molecule has 1 aliphatic heterocycles. The third kappa shape index (κ3) is 6.16. The lowest BCUT2D eigenvalue weighted by Gasteiger charge is -2.29. The van der Waals surface area contributed by atoms with Gasteiger partial charge in [0.2, 0.25) is 0 Å². The van der Waals surface area contributed by atoms with Crippen LogP contribution in [0.4, 0.5) is 18.3 Å². The van der Waals surface area contributed by atoms with Gasteiger partial charge in [-0.25, -0.2) is 4.98 Å². The van der Waals surface area contributed by atoms with Crippen LogP contribution < -0.4 is 14.4 Å². The van der Waals surface area contributed by atoms with E-state index in [4.69, 9.17) is 9.47 Å². The molecule has 182 valence electrons. The Morgan fingerprint density at radius 1 is 1.15 bits per heavy atom. The number of fused-ring (bicyclic) bond motifs is 1. The van der Waals surface area contributed by atoms with Gasteiger partial charge in [-0.15, -0.1) is 13.2 Å². The number of hydrogen-bond acceptors (Lipinski definition) is 7. The number of aromatic nitrogens is 1. The number of amides is 1. The minimum atomic E-state index is -4.78. The van der Waals surface area contributed by atoms with Crippen LogP contribution in [0.5, 0.6) is 11.5 Å². The van der Waals surface area contributed by atoms with Crippen molar-refractivity contribution in [2.24, 2.45) is 0 Å². The predicted molar refractivity (Wildman–Crippen MR) is 123 cm³/mol. The fourth-order valence-corrected chi connectivity index (χ4v) is 4.59.